The van der Waals surface area contributed by atoms with E-state index in [0.29, 0.717) is 18.4 Å². The second-order valence-corrected chi connectivity index (χ2v) is 3.50. The van der Waals surface area contributed by atoms with Gasteiger partial charge < -0.3 is 15.6 Å². The molecule has 3 heteroatoms. The van der Waals surface area contributed by atoms with E-state index in [1.807, 2.05) is 0 Å². The molecular formula is C9H19NO2. The average molecular weight is 173 g/mol. The molecule has 12 heavy (non-hydrogen) atoms. The zero-order valence-corrected chi connectivity index (χ0v) is 7.54. The lowest BCUT2D eigenvalue weighted by molar-refractivity contribution is 0.0149. The molecule has 0 amide bonds. The van der Waals surface area contributed by atoms with Crippen molar-refractivity contribution in [1.82, 2.24) is 0 Å². The number of ether oxygens (including phenoxy) is 1. The van der Waals surface area contributed by atoms with Crippen molar-refractivity contribution >= 4 is 0 Å². The molecule has 2 atom stereocenters. The molecule has 0 aromatic heterocycles. The third-order valence-electron chi connectivity index (χ3n) is 2.63. The molecule has 0 spiro atoms. The van der Waals surface area contributed by atoms with Crippen LogP contribution in [0.5, 0.6) is 0 Å². The molecule has 3 N–H and O–H groups in total. The van der Waals surface area contributed by atoms with Crippen molar-refractivity contribution in [2.45, 2.75) is 19.3 Å². The minimum absolute atomic E-state index is 0.255. The number of aliphatic hydroxyl groups excluding tert-OH is 1. The van der Waals surface area contributed by atoms with Gasteiger partial charge in [-0.05, 0) is 37.6 Å². The summed E-state index contributed by atoms with van der Waals surface area (Å²) in [5.74, 6) is 0.891. The topological polar surface area (TPSA) is 55.5 Å². The molecule has 2 unspecified atom stereocenters. The first-order chi connectivity index (χ1) is 5.88. The maximum Gasteiger partial charge on any atom is 0.0497 e. The number of hydrogen-bond donors (Lipinski definition) is 2. The summed E-state index contributed by atoms with van der Waals surface area (Å²) in [7, 11) is 0. The monoisotopic (exact) mass is 173 g/mol. The summed E-state index contributed by atoms with van der Waals surface area (Å²) in [6, 6.07) is 0. The first kappa shape index (κ1) is 9.96. The highest BCUT2D eigenvalue weighted by Gasteiger charge is 2.22. The molecule has 0 aliphatic carbocycles. The van der Waals surface area contributed by atoms with Gasteiger partial charge in [-0.3, -0.25) is 0 Å². The Morgan fingerprint density at radius 2 is 2.42 bits per heavy atom. The number of nitrogens with two attached hydrogens (primary N) is 1. The summed E-state index contributed by atoms with van der Waals surface area (Å²) in [6.07, 6.45) is 3.24. The van der Waals surface area contributed by atoms with Crippen LogP contribution in [0.4, 0.5) is 0 Å². The Hall–Kier alpha value is -0.120. The van der Waals surface area contributed by atoms with E-state index in [4.69, 9.17) is 15.6 Å². The molecule has 1 rings (SSSR count). The highest BCUT2D eigenvalue weighted by atomic mass is 16.5. The zero-order chi connectivity index (χ0) is 8.81. The van der Waals surface area contributed by atoms with Gasteiger partial charge in [-0.25, -0.2) is 0 Å². The number of hydrogen-bond acceptors (Lipinski definition) is 3. The number of rotatable bonds is 4. The predicted octanol–water partition coefficient (Wildman–Crippen LogP) is 0.370. The fraction of sp³-hybridized carbons (Fsp3) is 1.00. The van der Waals surface area contributed by atoms with E-state index in [-0.39, 0.29) is 6.61 Å². The normalized spacial score (nSPS) is 27.0. The van der Waals surface area contributed by atoms with Gasteiger partial charge in [0.25, 0.3) is 0 Å². The van der Waals surface area contributed by atoms with E-state index in [1.54, 1.807) is 0 Å². The van der Waals surface area contributed by atoms with Gasteiger partial charge in [-0.1, -0.05) is 0 Å². The van der Waals surface area contributed by atoms with Crippen molar-refractivity contribution in [2.75, 3.05) is 26.4 Å². The van der Waals surface area contributed by atoms with Gasteiger partial charge in [0.2, 0.25) is 0 Å². The Bertz CT molecular complexity index is 110. The van der Waals surface area contributed by atoms with E-state index in [2.05, 4.69) is 0 Å². The summed E-state index contributed by atoms with van der Waals surface area (Å²) in [5, 5.41) is 9.10. The van der Waals surface area contributed by atoms with Crippen molar-refractivity contribution < 1.29 is 9.84 Å². The molecule has 3 nitrogen and oxygen atoms in total. The third-order valence-corrected chi connectivity index (χ3v) is 2.63. The molecule has 0 bridgehead atoms. The van der Waals surface area contributed by atoms with Crippen LogP contribution in [0.1, 0.15) is 19.3 Å². The van der Waals surface area contributed by atoms with Gasteiger partial charge >= 0.3 is 0 Å². The van der Waals surface area contributed by atoms with E-state index in [9.17, 15) is 0 Å². The van der Waals surface area contributed by atoms with E-state index < -0.39 is 0 Å². The highest BCUT2D eigenvalue weighted by Crippen LogP contribution is 2.23. The highest BCUT2D eigenvalue weighted by molar-refractivity contribution is 4.72. The van der Waals surface area contributed by atoms with Crippen molar-refractivity contribution in [1.29, 1.82) is 0 Å². The third kappa shape index (κ3) is 2.73. The summed E-state index contributed by atoms with van der Waals surface area (Å²) < 4.78 is 5.36. The summed E-state index contributed by atoms with van der Waals surface area (Å²) in [6.45, 7) is 2.62. The Labute approximate surface area is 73.9 Å². The molecule has 1 fully saturated rings. The first-order valence-corrected chi connectivity index (χ1v) is 4.77. The van der Waals surface area contributed by atoms with Crippen molar-refractivity contribution in [3.63, 3.8) is 0 Å². The van der Waals surface area contributed by atoms with Crippen LogP contribution in [0.15, 0.2) is 0 Å². The molecule has 0 saturated carbocycles. The fourth-order valence-electron chi connectivity index (χ4n) is 1.83. The van der Waals surface area contributed by atoms with Gasteiger partial charge in [-0.2, -0.15) is 0 Å². The van der Waals surface area contributed by atoms with Crippen molar-refractivity contribution in [3.8, 4) is 0 Å². The molecule has 0 aromatic rings. The first-order valence-electron chi connectivity index (χ1n) is 4.77. The molecule has 0 radical (unpaired) electrons. The van der Waals surface area contributed by atoms with E-state index >= 15 is 0 Å². The smallest absolute Gasteiger partial charge is 0.0497 e. The minimum atomic E-state index is 0.255. The van der Waals surface area contributed by atoms with Crippen LogP contribution >= 0.6 is 0 Å². The van der Waals surface area contributed by atoms with Crippen LogP contribution in [0.25, 0.3) is 0 Å². The Morgan fingerprint density at radius 1 is 1.58 bits per heavy atom. The molecule has 1 saturated heterocycles. The largest absolute Gasteiger partial charge is 0.396 e. The standard InChI is InChI=1S/C9H19NO2/c10-4-3-8(6-11)9-2-1-5-12-7-9/h8-9,11H,1-7,10H2. The van der Waals surface area contributed by atoms with E-state index in [0.717, 1.165) is 26.1 Å². The Kier molecular flexibility index (Phi) is 4.58. The molecule has 1 aliphatic heterocycles. The lowest BCUT2D eigenvalue weighted by Gasteiger charge is -2.28. The molecular weight excluding hydrogens is 154 g/mol. The van der Waals surface area contributed by atoms with Gasteiger partial charge in [0.15, 0.2) is 0 Å². The van der Waals surface area contributed by atoms with Gasteiger partial charge in [0, 0.05) is 19.8 Å². The van der Waals surface area contributed by atoms with Crippen LogP contribution in [-0.2, 0) is 4.74 Å². The van der Waals surface area contributed by atoms with Crippen LogP contribution in [0, 0.1) is 11.8 Å². The summed E-state index contributed by atoms with van der Waals surface area (Å²) in [4.78, 5) is 0. The van der Waals surface area contributed by atoms with E-state index in [1.165, 1.54) is 6.42 Å². The maximum absolute atomic E-state index is 9.10. The van der Waals surface area contributed by atoms with Crippen molar-refractivity contribution in [2.24, 2.45) is 17.6 Å². The lowest BCUT2D eigenvalue weighted by atomic mass is 9.86. The van der Waals surface area contributed by atoms with Crippen molar-refractivity contribution in [3.05, 3.63) is 0 Å². The van der Waals surface area contributed by atoms with Crippen LogP contribution in [0.2, 0.25) is 0 Å². The maximum atomic E-state index is 9.10. The zero-order valence-electron chi connectivity index (χ0n) is 7.54. The Balaban J connectivity index is 2.29. The summed E-state index contributed by atoms with van der Waals surface area (Å²) >= 11 is 0. The quantitative estimate of drug-likeness (QED) is 0.646. The van der Waals surface area contributed by atoms with Gasteiger partial charge in [-0.15, -0.1) is 0 Å². The molecule has 1 aliphatic rings. The predicted molar refractivity (Wildman–Crippen MR) is 47.8 cm³/mol. The second-order valence-electron chi connectivity index (χ2n) is 3.50. The van der Waals surface area contributed by atoms with Crippen LogP contribution in [0.3, 0.4) is 0 Å². The number of aliphatic hydroxyl groups is 1. The SMILES string of the molecule is NCCC(CO)C1CCCOC1. The molecule has 72 valence electrons. The van der Waals surface area contributed by atoms with Crippen LogP contribution < -0.4 is 5.73 Å². The summed E-state index contributed by atoms with van der Waals surface area (Å²) in [5.41, 5.74) is 5.46. The Morgan fingerprint density at radius 3 is 2.92 bits per heavy atom. The molecule has 1 heterocycles. The second kappa shape index (κ2) is 5.51. The molecule has 0 aromatic carbocycles. The minimum Gasteiger partial charge on any atom is -0.396 e. The van der Waals surface area contributed by atoms with Gasteiger partial charge in [0.1, 0.15) is 0 Å². The average Bonchev–Trinajstić information content (AvgIpc) is 2.15. The van der Waals surface area contributed by atoms with Crippen LogP contribution in [-0.4, -0.2) is 31.5 Å². The lowest BCUT2D eigenvalue weighted by Crippen LogP contribution is -2.29. The van der Waals surface area contributed by atoms with Gasteiger partial charge in [0.05, 0.1) is 0 Å². The fourth-order valence-corrected chi connectivity index (χ4v) is 1.83.